The summed E-state index contributed by atoms with van der Waals surface area (Å²) in [6, 6.07) is 2.30. The summed E-state index contributed by atoms with van der Waals surface area (Å²) < 4.78 is 1.13. The van der Waals surface area contributed by atoms with Crippen LogP contribution in [0.15, 0.2) is 23.1 Å². The van der Waals surface area contributed by atoms with E-state index in [2.05, 4.69) is 0 Å². The number of nitro groups is 1. The summed E-state index contributed by atoms with van der Waals surface area (Å²) in [6.07, 6.45) is 7.13. The monoisotopic (exact) mass is 319 g/mol. The largest absolute Gasteiger partial charge is 0.341 e. The Kier molecular flexibility index (Phi) is 4.45. The van der Waals surface area contributed by atoms with Gasteiger partial charge >= 0.3 is 0 Å². The molecule has 0 unspecified atom stereocenters. The molecule has 1 saturated carbocycles. The van der Waals surface area contributed by atoms with Crippen molar-refractivity contribution in [2.75, 3.05) is 13.1 Å². The fourth-order valence-electron chi connectivity index (χ4n) is 3.82. The lowest BCUT2D eigenvalue weighted by atomic mass is 9.75. The first-order chi connectivity index (χ1) is 11.0. The van der Waals surface area contributed by atoms with Crippen LogP contribution in [-0.2, 0) is 11.3 Å². The molecule has 7 heteroatoms. The van der Waals surface area contributed by atoms with E-state index in [0.717, 1.165) is 48.3 Å². The zero-order chi connectivity index (χ0) is 16.4. The van der Waals surface area contributed by atoms with E-state index in [0.29, 0.717) is 5.92 Å². The van der Waals surface area contributed by atoms with Gasteiger partial charge in [0.2, 0.25) is 5.91 Å². The summed E-state index contributed by atoms with van der Waals surface area (Å²) in [4.78, 5) is 36.3. The smallest absolute Gasteiger partial charge is 0.285 e. The van der Waals surface area contributed by atoms with Gasteiger partial charge in [-0.25, -0.2) is 0 Å². The molecule has 2 aliphatic rings. The SMILES string of the molecule is O=C(Cn1cc([N+](=O)[O-])ccc1=O)N1CC[C@H]2CCCC[C@@H]2C1. The number of carbonyl (C=O) groups is 1. The minimum absolute atomic E-state index is 0.127. The van der Waals surface area contributed by atoms with Crippen molar-refractivity contribution < 1.29 is 9.72 Å². The Morgan fingerprint density at radius 3 is 2.70 bits per heavy atom. The van der Waals surface area contributed by atoms with E-state index in [1.54, 1.807) is 0 Å². The van der Waals surface area contributed by atoms with Gasteiger partial charge in [-0.05, 0) is 24.7 Å². The second-order valence-electron chi connectivity index (χ2n) is 6.54. The van der Waals surface area contributed by atoms with E-state index in [1.807, 2.05) is 4.90 Å². The van der Waals surface area contributed by atoms with E-state index in [-0.39, 0.29) is 18.1 Å². The van der Waals surface area contributed by atoms with Gasteiger partial charge < -0.3 is 4.90 Å². The highest BCUT2D eigenvalue weighted by Gasteiger charge is 2.32. The van der Waals surface area contributed by atoms with Crippen molar-refractivity contribution in [1.29, 1.82) is 0 Å². The van der Waals surface area contributed by atoms with Crippen molar-refractivity contribution >= 4 is 11.6 Å². The van der Waals surface area contributed by atoms with Crippen molar-refractivity contribution in [2.45, 2.75) is 38.6 Å². The van der Waals surface area contributed by atoms with E-state index >= 15 is 0 Å². The molecule has 2 heterocycles. The molecule has 2 atom stereocenters. The lowest BCUT2D eigenvalue weighted by molar-refractivity contribution is -0.385. The highest BCUT2D eigenvalue weighted by atomic mass is 16.6. The van der Waals surface area contributed by atoms with Crippen LogP contribution in [0.3, 0.4) is 0 Å². The Balaban J connectivity index is 1.68. The molecule has 0 spiro atoms. The van der Waals surface area contributed by atoms with Gasteiger partial charge in [0, 0.05) is 25.2 Å². The van der Waals surface area contributed by atoms with Crippen molar-refractivity contribution in [3.05, 3.63) is 38.8 Å². The fourth-order valence-corrected chi connectivity index (χ4v) is 3.82. The number of hydrogen-bond acceptors (Lipinski definition) is 4. The first-order valence-corrected chi connectivity index (χ1v) is 8.17. The number of amides is 1. The Morgan fingerprint density at radius 1 is 1.22 bits per heavy atom. The molecule has 7 nitrogen and oxygen atoms in total. The molecule has 2 fully saturated rings. The molecule has 1 aliphatic heterocycles. The highest BCUT2D eigenvalue weighted by molar-refractivity contribution is 5.76. The molecule has 0 aromatic carbocycles. The highest BCUT2D eigenvalue weighted by Crippen LogP contribution is 2.36. The van der Waals surface area contributed by atoms with E-state index in [1.165, 1.54) is 25.7 Å². The molecule has 0 N–H and O–H groups in total. The third-order valence-electron chi connectivity index (χ3n) is 5.13. The second kappa shape index (κ2) is 6.52. The van der Waals surface area contributed by atoms with E-state index in [9.17, 15) is 19.7 Å². The van der Waals surface area contributed by atoms with Crippen LogP contribution in [0.25, 0.3) is 0 Å². The summed E-state index contributed by atoms with van der Waals surface area (Å²) in [5, 5.41) is 10.8. The maximum absolute atomic E-state index is 12.5. The van der Waals surface area contributed by atoms with Crippen molar-refractivity contribution in [2.24, 2.45) is 11.8 Å². The molecule has 23 heavy (non-hydrogen) atoms. The van der Waals surface area contributed by atoms with Crippen LogP contribution in [0.4, 0.5) is 5.69 Å². The number of pyridine rings is 1. The average molecular weight is 319 g/mol. The number of piperidine rings is 1. The summed E-state index contributed by atoms with van der Waals surface area (Å²) in [7, 11) is 0. The van der Waals surface area contributed by atoms with Crippen molar-refractivity contribution in [3.63, 3.8) is 0 Å². The molecular weight excluding hydrogens is 298 g/mol. The van der Waals surface area contributed by atoms with Crippen LogP contribution in [-0.4, -0.2) is 33.4 Å². The van der Waals surface area contributed by atoms with Gasteiger partial charge in [-0.15, -0.1) is 0 Å². The maximum Gasteiger partial charge on any atom is 0.285 e. The first kappa shape index (κ1) is 15.7. The Labute approximate surface area is 134 Å². The predicted octanol–water partition coefficient (Wildman–Crippen LogP) is 1.80. The van der Waals surface area contributed by atoms with Crippen LogP contribution in [0, 0.1) is 22.0 Å². The van der Waals surface area contributed by atoms with Gasteiger partial charge in [0.05, 0.1) is 11.1 Å². The third-order valence-corrected chi connectivity index (χ3v) is 5.13. The van der Waals surface area contributed by atoms with Crippen LogP contribution in [0.1, 0.15) is 32.1 Å². The normalized spacial score (nSPS) is 24.1. The van der Waals surface area contributed by atoms with Crippen molar-refractivity contribution in [3.8, 4) is 0 Å². The van der Waals surface area contributed by atoms with E-state index in [4.69, 9.17) is 0 Å². The van der Waals surface area contributed by atoms with Gasteiger partial charge in [-0.1, -0.05) is 19.3 Å². The number of rotatable bonds is 3. The Morgan fingerprint density at radius 2 is 1.96 bits per heavy atom. The zero-order valence-corrected chi connectivity index (χ0v) is 13.0. The molecule has 1 saturated heterocycles. The van der Waals surface area contributed by atoms with Crippen LogP contribution < -0.4 is 5.56 Å². The number of nitrogens with zero attached hydrogens (tertiary/aromatic N) is 3. The number of aromatic nitrogens is 1. The zero-order valence-electron chi connectivity index (χ0n) is 13.0. The van der Waals surface area contributed by atoms with E-state index < -0.39 is 10.5 Å². The summed E-state index contributed by atoms with van der Waals surface area (Å²) in [5.74, 6) is 1.17. The van der Waals surface area contributed by atoms with Gasteiger partial charge in [0.1, 0.15) is 6.54 Å². The molecule has 3 rings (SSSR count). The fraction of sp³-hybridized carbons (Fsp3) is 0.625. The van der Waals surface area contributed by atoms with Crippen molar-refractivity contribution in [1.82, 2.24) is 9.47 Å². The van der Waals surface area contributed by atoms with Crippen LogP contribution in [0.5, 0.6) is 0 Å². The number of carbonyl (C=O) groups excluding carboxylic acids is 1. The van der Waals surface area contributed by atoms with Crippen LogP contribution >= 0.6 is 0 Å². The minimum atomic E-state index is -0.562. The molecule has 0 bridgehead atoms. The standard InChI is InChI=1S/C16H21N3O4/c20-15-6-5-14(19(22)23)10-18(15)11-16(21)17-8-7-12-3-1-2-4-13(12)9-17/h5-6,10,12-13H,1-4,7-9,11H2/t12-,13-/m1/s1. The lowest BCUT2D eigenvalue weighted by Crippen LogP contribution is -2.46. The van der Waals surface area contributed by atoms with Crippen LogP contribution in [0.2, 0.25) is 0 Å². The molecule has 1 aromatic heterocycles. The summed E-state index contributed by atoms with van der Waals surface area (Å²) in [5.41, 5.74) is -0.570. The topological polar surface area (TPSA) is 85.5 Å². The molecule has 124 valence electrons. The summed E-state index contributed by atoms with van der Waals surface area (Å²) >= 11 is 0. The van der Waals surface area contributed by atoms with Gasteiger partial charge in [-0.3, -0.25) is 24.3 Å². The van der Waals surface area contributed by atoms with Gasteiger partial charge in [-0.2, -0.15) is 0 Å². The maximum atomic E-state index is 12.5. The summed E-state index contributed by atoms with van der Waals surface area (Å²) in [6.45, 7) is 1.36. The Hall–Kier alpha value is -2.18. The minimum Gasteiger partial charge on any atom is -0.341 e. The third kappa shape index (κ3) is 3.43. The second-order valence-corrected chi connectivity index (χ2v) is 6.54. The number of hydrogen-bond donors (Lipinski definition) is 0. The molecule has 1 amide bonds. The average Bonchev–Trinajstić information content (AvgIpc) is 2.56. The Bertz CT molecular complexity index is 670. The predicted molar refractivity (Wildman–Crippen MR) is 84.0 cm³/mol. The molecule has 0 radical (unpaired) electrons. The lowest BCUT2D eigenvalue weighted by Gasteiger charge is -2.41. The number of likely N-dealkylation sites (tertiary alicyclic amines) is 1. The molecule has 1 aromatic rings. The quantitative estimate of drug-likeness (QED) is 0.628. The van der Waals surface area contributed by atoms with Gasteiger partial charge in [0.15, 0.2) is 0 Å². The number of fused-ring (bicyclic) bond motifs is 1. The molecule has 1 aliphatic carbocycles. The molecular formula is C16H21N3O4. The van der Waals surface area contributed by atoms with Gasteiger partial charge in [0.25, 0.3) is 11.2 Å². The first-order valence-electron chi connectivity index (χ1n) is 8.17.